The van der Waals surface area contributed by atoms with E-state index in [0.717, 1.165) is 12.8 Å². The van der Waals surface area contributed by atoms with Gasteiger partial charge < -0.3 is 9.84 Å². The van der Waals surface area contributed by atoms with Crippen molar-refractivity contribution in [1.29, 1.82) is 0 Å². The van der Waals surface area contributed by atoms with Crippen LogP contribution in [0, 0.1) is 0 Å². The summed E-state index contributed by atoms with van der Waals surface area (Å²) in [7, 11) is 0. The maximum atomic E-state index is 11.8. The number of carboxylic acids is 1. The molecule has 23 heavy (non-hydrogen) atoms. The molecule has 0 fully saturated rings. The molecule has 4 heteroatoms. The van der Waals surface area contributed by atoms with E-state index in [2.05, 4.69) is 6.92 Å². The number of unbranched alkanes of at least 4 members (excludes halogenated alkanes) is 8. The van der Waals surface area contributed by atoms with Crippen molar-refractivity contribution in [3.8, 4) is 0 Å². The summed E-state index contributed by atoms with van der Waals surface area (Å²) >= 11 is 0. The van der Waals surface area contributed by atoms with Crippen molar-refractivity contribution >= 4 is 11.9 Å². The summed E-state index contributed by atoms with van der Waals surface area (Å²) in [6.07, 6.45) is 10.9. The fourth-order valence-electron chi connectivity index (χ4n) is 2.44. The first kappa shape index (κ1) is 19.2. The summed E-state index contributed by atoms with van der Waals surface area (Å²) < 4.78 is 5.19. The topological polar surface area (TPSA) is 63.6 Å². The number of hydrogen-bond donors (Lipinski definition) is 1. The van der Waals surface area contributed by atoms with E-state index >= 15 is 0 Å². The Morgan fingerprint density at radius 3 is 2.09 bits per heavy atom. The van der Waals surface area contributed by atoms with E-state index in [1.54, 1.807) is 12.1 Å². The zero-order valence-corrected chi connectivity index (χ0v) is 14.1. The summed E-state index contributed by atoms with van der Waals surface area (Å²) in [6.45, 7) is 2.62. The molecule has 1 N–H and O–H groups in total. The molecule has 0 saturated carbocycles. The third-order valence-corrected chi connectivity index (χ3v) is 3.83. The largest absolute Gasteiger partial charge is 0.478 e. The molecule has 0 bridgehead atoms. The number of aromatic carboxylic acids is 1. The Morgan fingerprint density at radius 1 is 0.913 bits per heavy atom. The zero-order valence-electron chi connectivity index (χ0n) is 14.1. The van der Waals surface area contributed by atoms with Crippen LogP contribution in [0.4, 0.5) is 0 Å². The quantitative estimate of drug-likeness (QED) is 0.431. The fraction of sp³-hybridized carbons (Fsp3) is 0.579. The van der Waals surface area contributed by atoms with Gasteiger partial charge in [-0.3, -0.25) is 0 Å². The van der Waals surface area contributed by atoms with Crippen LogP contribution in [0.2, 0.25) is 0 Å². The molecule has 0 aromatic heterocycles. The van der Waals surface area contributed by atoms with E-state index in [-0.39, 0.29) is 5.56 Å². The van der Waals surface area contributed by atoms with E-state index in [1.165, 1.54) is 57.1 Å². The van der Waals surface area contributed by atoms with Gasteiger partial charge in [-0.15, -0.1) is 0 Å². The van der Waals surface area contributed by atoms with E-state index < -0.39 is 11.9 Å². The van der Waals surface area contributed by atoms with Gasteiger partial charge in [0.2, 0.25) is 0 Å². The standard InChI is InChI=1S/C19H28O4/c1-2-3-4-5-6-7-8-9-10-14-23-19(22)17-13-11-12-16(15-17)18(20)21/h11-13,15H,2-10,14H2,1H3,(H,20,21). The number of benzene rings is 1. The first-order valence-electron chi connectivity index (χ1n) is 8.65. The van der Waals surface area contributed by atoms with Gasteiger partial charge in [-0.2, -0.15) is 0 Å². The number of carbonyl (C=O) groups is 2. The Morgan fingerprint density at radius 2 is 1.48 bits per heavy atom. The van der Waals surface area contributed by atoms with Crippen LogP contribution < -0.4 is 0 Å². The molecule has 0 unspecified atom stereocenters. The lowest BCUT2D eigenvalue weighted by Crippen LogP contribution is -2.08. The molecule has 1 aromatic carbocycles. The molecule has 128 valence electrons. The Labute approximate surface area is 138 Å². The van der Waals surface area contributed by atoms with Gasteiger partial charge in [-0.05, 0) is 24.6 Å². The van der Waals surface area contributed by atoms with Crippen molar-refractivity contribution in [1.82, 2.24) is 0 Å². The second kappa shape index (κ2) is 11.7. The van der Waals surface area contributed by atoms with Crippen molar-refractivity contribution in [3.05, 3.63) is 35.4 Å². The summed E-state index contributed by atoms with van der Waals surface area (Å²) in [6, 6.07) is 5.93. The van der Waals surface area contributed by atoms with Crippen LogP contribution in [0.3, 0.4) is 0 Å². The number of ether oxygens (including phenoxy) is 1. The average molecular weight is 320 g/mol. The fourth-order valence-corrected chi connectivity index (χ4v) is 2.44. The van der Waals surface area contributed by atoms with Gasteiger partial charge in [0.15, 0.2) is 0 Å². The summed E-state index contributed by atoms with van der Waals surface area (Å²) in [5.74, 6) is -1.49. The number of rotatable bonds is 12. The maximum absolute atomic E-state index is 11.8. The van der Waals surface area contributed by atoms with Gasteiger partial charge in [0.1, 0.15) is 0 Å². The van der Waals surface area contributed by atoms with E-state index in [1.807, 2.05) is 0 Å². The predicted octanol–water partition coefficient (Wildman–Crippen LogP) is 5.07. The number of hydrogen-bond acceptors (Lipinski definition) is 3. The molecule has 1 aromatic rings. The van der Waals surface area contributed by atoms with Crippen LogP contribution in [-0.2, 0) is 4.74 Å². The van der Waals surface area contributed by atoms with Gasteiger partial charge in [0.25, 0.3) is 0 Å². The maximum Gasteiger partial charge on any atom is 0.338 e. The second-order valence-corrected chi connectivity index (χ2v) is 5.85. The normalized spacial score (nSPS) is 10.5. The van der Waals surface area contributed by atoms with Gasteiger partial charge in [-0.25, -0.2) is 9.59 Å². The number of carbonyl (C=O) groups excluding carboxylic acids is 1. The van der Waals surface area contributed by atoms with Crippen LogP contribution >= 0.6 is 0 Å². The molecule has 0 amide bonds. The molecule has 0 spiro atoms. The Kier molecular flexibility index (Phi) is 9.76. The first-order valence-corrected chi connectivity index (χ1v) is 8.65. The minimum absolute atomic E-state index is 0.0996. The predicted molar refractivity (Wildman–Crippen MR) is 90.9 cm³/mol. The monoisotopic (exact) mass is 320 g/mol. The highest BCUT2D eigenvalue weighted by molar-refractivity contribution is 5.94. The first-order chi connectivity index (χ1) is 11.1. The van der Waals surface area contributed by atoms with Crippen LogP contribution in [-0.4, -0.2) is 23.7 Å². The van der Waals surface area contributed by atoms with Crippen molar-refractivity contribution in [3.63, 3.8) is 0 Å². The summed E-state index contributed by atoms with van der Waals surface area (Å²) in [5, 5.41) is 8.90. The molecule has 0 saturated heterocycles. The number of carboxylic acid groups (broad SMARTS) is 1. The molecule has 0 atom stereocenters. The summed E-state index contributed by atoms with van der Waals surface area (Å²) in [5.41, 5.74) is 0.392. The van der Waals surface area contributed by atoms with Gasteiger partial charge in [0.05, 0.1) is 17.7 Å². The molecular formula is C19H28O4. The molecule has 0 aliphatic carbocycles. The minimum Gasteiger partial charge on any atom is -0.478 e. The highest BCUT2D eigenvalue weighted by Crippen LogP contribution is 2.11. The molecule has 0 aliphatic rings. The van der Waals surface area contributed by atoms with Gasteiger partial charge >= 0.3 is 11.9 Å². The van der Waals surface area contributed by atoms with Crippen molar-refractivity contribution in [2.24, 2.45) is 0 Å². The third kappa shape index (κ3) is 8.38. The second-order valence-electron chi connectivity index (χ2n) is 5.85. The van der Waals surface area contributed by atoms with E-state index in [4.69, 9.17) is 9.84 Å². The van der Waals surface area contributed by atoms with Crippen LogP contribution in [0.15, 0.2) is 24.3 Å². The lowest BCUT2D eigenvalue weighted by atomic mass is 10.1. The van der Waals surface area contributed by atoms with Crippen molar-refractivity contribution < 1.29 is 19.4 Å². The molecule has 0 heterocycles. The molecule has 0 radical (unpaired) electrons. The average Bonchev–Trinajstić information content (AvgIpc) is 2.56. The van der Waals surface area contributed by atoms with E-state index in [0.29, 0.717) is 12.2 Å². The highest BCUT2D eigenvalue weighted by atomic mass is 16.5. The van der Waals surface area contributed by atoms with E-state index in [9.17, 15) is 9.59 Å². The Hall–Kier alpha value is -1.84. The van der Waals surface area contributed by atoms with Crippen molar-refractivity contribution in [2.75, 3.05) is 6.61 Å². The Balaban J connectivity index is 2.10. The minimum atomic E-state index is -1.04. The van der Waals surface area contributed by atoms with Gasteiger partial charge in [-0.1, -0.05) is 64.4 Å². The molecule has 4 nitrogen and oxygen atoms in total. The molecule has 0 aliphatic heterocycles. The van der Waals surface area contributed by atoms with Gasteiger partial charge in [0, 0.05) is 0 Å². The smallest absolute Gasteiger partial charge is 0.338 e. The number of esters is 1. The lowest BCUT2D eigenvalue weighted by molar-refractivity contribution is 0.0497. The molecule has 1 rings (SSSR count). The Bertz CT molecular complexity index is 482. The summed E-state index contributed by atoms with van der Waals surface area (Å²) in [4.78, 5) is 22.7. The van der Waals surface area contributed by atoms with Crippen LogP contribution in [0.5, 0.6) is 0 Å². The zero-order chi connectivity index (χ0) is 16.9. The van der Waals surface area contributed by atoms with Crippen molar-refractivity contribution in [2.45, 2.75) is 64.7 Å². The highest BCUT2D eigenvalue weighted by Gasteiger charge is 2.10. The SMILES string of the molecule is CCCCCCCCCCCOC(=O)c1cccc(C(=O)O)c1. The van der Waals surface area contributed by atoms with Crippen LogP contribution in [0.1, 0.15) is 85.4 Å². The lowest BCUT2D eigenvalue weighted by Gasteiger charge is -2.06. The third-order valence-electron chi connectivity index (χ3n) is 3.83. The molecular weight excluding hydrogens is 292 g/mol. The van der Waals surface area contributed by atoms with Crippen LogP contribution in [0.25, 0.3) is 0 Å².